The first-order chi connectivity index (χ1) is 9.63. The highest BCUT2D eigenvalue weighted by Gasteiger charge is 2.33. The van der Waals surface area contributed by atoms with Gasteiger partial charge in [-0.1, -0.05) is 0 Å². The van der Waals surface area contributed by atoms with Crippen molar-refractivity contribution in [2.45, 2.75) is 24.3 Å². The Balaban J connectivity index is 2.37. The lowest BCUT2D eigenvalue weighted by Gasteiger charge is -2.23. The molecule has 2 aromatic heterocycles. The average molecular weight is 395 g/mol. The normalized spacial score (nSPS) is 12.5. The monoisotopic (exact) mass is 394 g/mol. The first-order valence-electron chi connectivity index (χ1n) is 5.60. The van der Waals surface area contributed by atoms with Gasteiger partial charge in [0.1, 0.15) is 9.90 Å². The fraction of sp³-hybridized carbons (Fsp3) is 0.273. The van der Waals surface area contributed by atoms with Gasteiger partial charge in [0.15, 0.2) is 4.67 Å². The minimum absolute atomic E-state index is 0.165. The summed E-state index contributed by atoms with van der Waals surface area (Å²) in [5.74, 6) is -1.81. The summed E-state index contributed by atoms with van der Waals surface area (Å²) in [5.41, 5.74) is -0.937. The van der Waals surface area contributed by atoms with E-state index >= 15 is 0 Å². The molecular formula is C11H11BrN2O5S2. The van der Waals surface area contributed by atoms with Gasteiger partial charge in [-0.05, 0) is 29.8 Å². The van der Waals surface area contributed by atoms with Crippen molar-refractivity contribution in [2.24, 2.45) is 0 Å². The van der Waals surface area contributed by atoms with Crippen molar-refractivity contribution >= 4 is 43.3 Å². The lowest BCUT2D eigenvalue weighted by Crippen LogP contribution is -2.40. The first kappa shape index (κ1) is 16.1. The number of hydrogen-bond acceptors (Lipinski definition) is 6. The summed E-state index contributed by atoms with van der Waals surface area (Å²) >= 11 is 4.23. The van der Waals surface area contributed by atoms with Gasteiger partial charge in [0, 0.05) is 17.6 Å². The molecule has 0 atom stereocenters. The second-order valence-electron chi connectivity index (χ2n) is 4.62. The lowest BCUT2D eigenvalue weighted by atomic mass is 10.1. The Bertz CT molecular complexity index is 765. The molecule has 0 radical (unpaired) electrons. The minimum Gasteiger partial charge on any atom is -0.475 e. The highest BCUT2D eigenvalue weighted by atomic mass is 79.9. The van der Waals surface area contributed by atoms with Crippen LogP contribution in [-0.2, 0) is 15.6 Å². The SMILES string of the molecule is CC(C)(NS(=O)(=O)c1cc(C(=O)O)oc1Br)c1nccs1. The summed E-state index contributed by atoms with van der Waals surface area (Å²) in [6.45, 7) is 3.32. The molecule has 10 heteroatoms. The van der Waals surface area contributed by atoms with Crippen LogP contribution < -0.4 is 4.72 Å². The van der Waals surface area contributed by atoms with Crippen LogP contribution in [-0.4, -0.2) is 24.5 Å². The van der Waals surface area contributed by atoms with E-state index in [-0.39, 0.29) is 9.56 Å². The number of hydrogen-bond donors (Lipinski definition) is 2. The third kappa shape index (κ3) is 3.34. The Hall–Kier alpha value is -1.23. The van der Waals surface area contributed by atoms with E-state index in [0.29, 0.717) is 5.01 Å². The fourth-order valence-electron chi connectivity index (χ4n) is 1.61. The summed E-state index contributed by atoms with van der Waals surface area (Å²) in [5, 5.41) is 11.2. The molecule has 0 aliphatic heterocycles. The van der Waals surface area contributed by atoms with Crippen molar-refractivity contribution in [1.82, 2.24) is 9.71 Å². The van der Waals surface area contributed by atoms with Crippen LogP contribution in [0.4, 0.5) is 0 Å². The predicted octanol–water partition coefficient (Wildman–Crippen LogP) is 2.41. The summed E-state index contributed by atoms with van der Waals surface area (Å²) in [6, 6.07) is 0.951. The number of sulfonamides is 1. The van der Waals surface area contributed by atoms with Crippen LogP contribution in [0.25, 0.3) is 0 Å². The Morgan fingerprint density at radius 1 is 1.52 bits per heavy atom. The third-order valence-electron chi connectivity index (χ3n) is 2.51. The van der Waals surface area contributed by atoms with E-state index in [1.165, 1.54) is 11.3 Å². The van der Waals surface area contributed by atoms with Gasteiger partial charge in [0.25, 0.3) is 0 Å². The number of halogens is 1. The zero-order valence-electron chi connectivity index (χ0n) is 11.0. The number of furan rings is 1. The molecule has 0 spiro atoms. The van der Waals surface area contributed by atoms with Crippen LogP contribution in [0, 0.1) is 0 Å². The molecule has 0 unspecified atom stereocenters. The van der Waals surface area contributed by atoms with Gasteiger partial charge in [-0.15, -0.1) is 11.3 Å². The van der Waals surface area contributed by atoms with Gasteiger partial charge in [0.2, 0.25) is 15.8 Å². The number of nitrogens with zero attached hydrogens (tertiary/aromatic N) is 1. The highest BCUT2D eigenvalue weighted by Crippen LogP contribution is 2.30. The van der Waals surface area contributed by atoms with Crippen molar-refractivity contribution in [1.29, 1.82) is 0 Å². The van der Waals surface area contributed by atoms with E-state index < -0.39 is 27.3 Å². The van der Waals surface area contributed by atoms with Crippen LogP contribution in [0.3, 0.4) is 0 Å². The van der Waals surface area contributed by atoms with Gasteiger partial charge in [0.05, 0.1) is 5.54 Å². The molecule has 0 aliphatic carbocycles. The third-order valence-corrected chi connectivity index (χ3v) is 6.12. The van der Waals surface area contributed by atoms with Gasteiger partial charge < -0.3 is 9.52 Å². The Labute approximate surface area is 133 Å². The van der Waals surface area contributed by atoms with E-state index in [0.717, 1.165) is 6.07 Å². The largest absolute Gasteiger partial charge is 0.475 e. The minimum atomic E-state index is -3.97. The molecule has 2 aromatic rings. The Kier molecular flexibility index (Phi) is 4.24. The topological polar surface area (TPSA) is 110 Å². The molecule has 0 aromatic carbocycles. The quantitative estimate of drug-likeness (QED) is 0.805. The maximum Gasteiger partial charge on any atom is 0.371 e. The number of nitrogens with one attached hydrogen (secondary N) is 1. The van der Waals surface area contributed by atoms with Crippen LogP contribution in [0.5, 0.6) is 0 Å². The van der Waals surface area contributed by atoms with Crippen molar-refractivity contribution in [3.05, 3.63) is 33.1 Å². The van der Waals surface area contributed by atoms with E-state index in [2.05, 4.69) is 25.6 Å². The lowest BCUT2D eigenvalue weighted by molar-refractivity contribution is 0.0661. The molecule has 0 aliphatic rings. The molecule has 2 rings (SSSR count). The van der Waals surface area contributed by atoms with E-state index in [1.807, 2.05) is 0 Å². The number of thiazole rings is 1. The number of rotatable bonds is 5. The van der Waals surface area contributed by atoms with Crippen molar-refractivity contribution in [3.63, 3.8) is 0 Å². The molecule has 0 saturated heterocycles. The molecule has 21 heavy (non-hydrogen) atoms. The van der Waals surface area contributed by atoms with E-state index in [9.17, 15) is 13.2 Å². The predicted molar refractivity (Wildman–Crippen MR) is 78.8 cm³/mol. The zero-order chi connectivity index (χ0) is 15.8. The summed E-state index contributed by atoms with van der Waals surface area (Å²) in [7, 11) is -3.97. The van der Waals surface area contributed by atoms with Gasteiger partial charge in [-0.25, -0.2) is 18.2 Å². The van der Waals surface area contributed by atoms with Crippen molar-refractivity contribution in [3.8, 4) is 0 Å². The van der Waals surface area contributed by atoms with Crippen molar-refractivity contribution < 1.29 is 22.7 Å². The van der Waals surface area contributed by atoms with Crippen LogP contribution >= 0.6 is 27.3 Å². The maximum atomic E-state index is 12.4. The van der Waals surface area contributed by atoms with Crippen LogP contribution in [0.1, 0.15) is 29.4 Å². The molecule has 0 amide bonds. The Morgan fingerprint density at radius 2 is 2.19 bits per heavy atom. The summed E-state index contributed by atoms with van der Waals surface area (Å²) < 4.78 is 31.9. The number of aromatic carboxylic acids is 1. The molecule has 114 valence electrons. The number of carboxylic acid groups (broad SMARTS) is 1. The average Bonchev–Trinajstić information content (AvgIpc) is 2.95. The molecule has 2 heterocycles. The smallest absolute Gasteiger partial charge is 0.371 e. The fourth-order valence-corrected chi connectivity index (χ4v) is 4.71. The Morgan fingerprint density at radius 3 is 2.67 bits per heavy atom. The number of aromatic nitrogens is 1. The molecule has 7 nitrogen and oxygen atoms in total. The maximum absolute atomic E-state index is 12.4. The summed E-state index contributed by atoms with van der Waals surface area (Å²) in [4.78, 5) is 14.6. The molecule has 0 bridgehead atoms. The molecule has 0 fully saturated rings. The standard InChI is InChI=1S/C11H11BrN2O5S2/c1-11(2,10-13-3-4-20-10)14-21(17,18)7-5-6(9(15)16)19-8(7)12/h3-5,14H,1-2H3,(H,15,16). The zero-order valence-corrected chi connectivity index (χ0v) is 14.2. The molecule has 2 N–H and O–H groups in total. The molecular weight excluding hydrogens is 384 g/mol. The summed E-state index contributed by atoms with van der Waals surface area (Å²) in [6.07, 6.45) is 1.58. The van der Waals surface area contributed by atoms with Gasteiger partial charge >= 0.3 is 5.97 Å². The van der Waals surface area contributed by atoms with E-state index in [4.69, 9.17) is 9.52 Å². The van der Waals surface area contributed by atoms with Crippen LogP contribution in [0.15, 0.2) is 31.6 Å². The second kappa shape index (κ2) is 5.52. The van der Waals surface area contributed by atoms with E-state index in [1.54, 1.807) is 25.4 Å². The first-order valence-corrected chi connectivity index (χ1v) is 8.75. The number of carboxylic acids is 1. The molecule has 0 saturated carbocycles. The van der Waals surface area contributed by atoms with Crippen molar-refractivity contribution in [2.75, 3.05) is 0 Å². The second-order valence-corrected chi connectivity index (χ2v) is 7.89. The highest BCUT2D eigenvalue weighted by molar-refractivity contribution is 9.10. The number of carbonyl (C=O) groups is 1. The van der Waals surface area contributed by atoms with Crippen LogP contribution in [0.2, 0.25) is 0 Å². The van der Waals surface area contributed by atoms with Gasteiger partial charge in [-0.3, -0.25) is 0 Å². The van der Waals surface area contributed by atoms with Gasteiger partial charge in [-0.2, -0.15) is 4.72 Å².